The molecule has 0 N–H and O–H groups in total. The molecular weight excluding hydrogens is 212 g/mol. The van der Waals surface area contributed by atoms with Crippen LogP contribution in [-0.4, -0.2) is 20.8 Å². The quantitative estimate of drug-likeness (QED) is 0.387. The van der Waals surface area contributed by atoms with Crippen LogP contribution in [0.3, 0.4) is 0 Å². The van der Waals surface area contributed by atoms with Gasteiger partial charge in [0.25, 0.3) is 0 Å². The smallest absolute Gasteiger partial charge is 0.131 e. The Labute approximate surface area is 102 Å². The number of hydrogen-bond donors (Lipinski definition) is 0. The van der Waals surface area contributed by atoms with Gasteiger partial charge in [0.05, 0.1) is 0 Å². The van der Waals surface area contributed by atoms with Crippen molar-refractivity contribution in [1.82, 2.24) is 0 Å². The predicted octanol–water partition coefficient (Wildman–Crippen LogP) is 3.79. The summed E-state index contributed by atoms with van der Waals surface area (Å²) < 4.78 is 5.61. The van der Waals surface area contributed by atoms with Crippen molar-refractivity contribution in [3.8, 4) is 11.5 Å². The largest absolute Gasteiger partial charge is 0.365 e. The SMILES string of the molecule is C=CCCC(C#C[Si](C)(C)C)(CC=C)OC. The normalized spacial score (nSPS) is 14.5. The highest BCUT2D eigenvalue weighted by Gasteiger charge is 2.25. The molecule has 2 heteroatoms. The molecule has 0 heterocycles. The molecule has 0 aliphatic carbocycles. The molecule has 90 valence electrons. The lowest BCUT2D eigenvalue weighted by atomic mass is 9.94. The van der Waals surface area contributed by atoms with Gasteiger partial charge in [0.2, 0.25) is 0 Å². The van der Waals surface area contributed by atoms with Gasteiger partial charge in [0.1, 0.15) is 13.7 Å². The molecule has 0 amide bonds. The second-order valence-corrected chi connectivity index (χ2v) is 9.77. The third-order valence-corrected chi connectivity index (χ3v) is 3.16. The third-order valence-electron chi connectivity index (χ3n) is 2.28. The molecule has 1 atom stereocenters. The lowest BCUT2D eigenvalue weighted by Crippen LogP contribution is -2.30. The molecule has 0 radical (unpaired) electrons. The number of ether oxygens (including phenoxy) is 1. The van der Waals surface area contributed by atoms with Crippen LogP contribution in [0.2, 0.25) is 19.6 Å². The molecule has 0 spiro atoms. The van der Waals surface area contributed by atoms with E-state index in [4.69, 9.17) is 4.74 Å². The zero-order chi connectivity index (χ0) is 12.7. The summed E-state index contributed by atoms with van der Waals surface area (Å²) in [5.74, 6) is 3.33. The number of hydrogen-bond acceptors (Lipinski definition) is 1. The van der Waals surface area contributed by atoms with Gasteiger partial charge in [0, 0.05) is 13.5 Å². The molecule has 16 heavy (non-hydrogen) atoms. The molecule has 0 rings (SSSR count). The van der Waals surface area contributed by atoms with Crippen LogP contribution >= 0.6 is 0 Å². The second kappa shape index (κ2) is 6.73. The average Bonchev–Trinajstić information content (AvgIpc) is 2.21. The number of rotatable bonds is 6. The van der Waals surface area contributed by atoms with Crippen LogP contribution in [0.1, 0.15) is 19.3 Å². The van der Waals surface area contributed by atoms with Gasteiger partial charge in [-0.15, -0.1) is 18.7 Å². The Bertz CT molecular complexity index is 290. The highest BCUT2D eigenvalue weighted by atomic mass is 28.3. The van der Waals surface area contributed by atoms with Crippen LogP contribution in [0.15, 0.2) is 25.3 Å². The molecule has 0 aromatic heterocycles. The van der Waals surface area contributed by atoms with Crippen molar-refractivity contribution in [2.24, 2.45) is 0 Å². The van der Waals surface area contributed by atoms with Crippen LogP contribution in [0.25, 0.3) is 0 Å². The third kappa shape index (κ3) is 5.94. The first-order valence-electron chi connectivity index (χ1n) is 5.70. The first-order valence-corrected chi connectivity index (χ1v) is 9.20. The van der Waals surface area contributed by atoms with E-state index in [2.05, 4.69) is 44.3 Å². The van der Waals surface area contributed by atoms with Gasteiger partial charge in [0.15, 0.2) is 0 Å². The number of methoxy groups -OCH3 is 1. The topological polar surface area (TPSA) is 9.23 Å². The van der Waals surface area contributed by atoms with Crippen molar-refractivity contribution in [2.45, 2.75) is 44.5 Å². The van der Waals surface area contributed by atoms with E-state index in [-0.39, 0.29) is 5.60 Å². The molecule has 0 aliphatic rings. The Kier molecular flexibility index (Phi) is 6.40. The number of allylic oxidation sites excluding steroid dienone is 1. The van der Waals surface area contributed by atoms with Gasteiger partial charge in [-0.1, -0.05) is 37.7 Å². The van der Waals surface area contributed by atoms with Gasteiger partial charge in [-0.3, -0.25) is 0 Å². The lowest BCUT2D eigenvalue weighted by Gasteiger charge is -2.26. The van der Waals surface area contributed by atoms with E-state index < -0.39 is 8.07 Å². The summed E-state index contributed by atoms with van der Waals surface area (Å²) in [5, 5.41) is 0. The zero-order valence-electron chi connectivity index (χ0n) is 11.1. The minimum Gasteiger partial charge on any atom is -0.365 e. The van der Waals surface area contributed by atoms with E-state index >= 15 is 0 Å². The zero-order valence-corrected chi connectivity index (χ0v) is 12.1. The van der Waals surface area contributed by atoms with E-state index in [1.54, 1.807) is 7.11 Å². The average molecular weight is 236 g/mol. The fourth-order valence-corrected chi connectivity index (χ4v) is 1.92. The molecule has 1 unspecified atom stereocenters. The monoisotopic (exact) mass is 236 g/mol. The van der Waals surface area contributed by atoms with Crippen LogP contribution in [0.4, 0.5) is 0 Å². The van der Waals surface area contributed by atoms with Crippen molar-refractivity contribution in [2.75, 3.05) is 7.11 Å². The first-order chi connectivity index (χ1) is 7.39. The maximum Gasteiger partial charge on any atom is 0.131 e. The first kappa shape index (κ1) is 15.2. The van der Waals surface area contributed by atoms with E-state index in [1.807, 2.05) is 12.2 Å². The standard InChI is InChI=1S/C14H24OSi/c1-7-9-11-14(15-3,10-8-2)12-13-16(4,5)6/h7-8H,1-2,9-11H2,3-6H3. The fraction of sp³-hybridized carbons (Fsp3) is 0.571. The summed E-state index contributed by atoms with van der Waals surface area (Å²) in [6.07, 6.45) is 6.37. The lowest BCUT2D eigenvalue weighted by molar-refractivity contribution is 0.0371. The molecule has 0 aliphatic heterocycles. The Morgan fingerprint density at radius 3 is 2.25 bits per heavy atom. The van der Waals surface area contributed by atoms with Gasteiger partial charge in [-0.25, -0.2) is 0 Å². The second-order valence-electron chi connectivity index (χ2n) is 5.02. The Balaban J connectivity index is 4.92. The minimum absolute atomic E-state index is 0.365. The molecular formula is C14H24OSi. The van der Waals surface area contributed by atoms with Crippen molar-refractivity contribution in [1.29, 1.82) is 0 Å². The molecule has 1 nitrogen and oxygen atoms in total. The van der Waals surface area contributed by atoms with Crippen LogP contribution in [0.5, 0.6) is 0 Å². The molecule has 0 fully saturated rings. The summed E-state index contributed by atoms with van der Waals surface area (Å²) in [4.78, 5) is 0. The summed E-state index contributed by atoms with van der Waals surface area (Å²) in [6.45, 7) is 14.2. The Morgan fingerprint density at radius 1 is 1.25 bits per heavy atom. The summed E-state index contributed by atoms with van der Waals surface area (Å²) >= 11 is 0. The van der Waals surface area contributed by atoms with Crippen molar-refractivity contribution in [3.05, 3.63) is 25.3 Å². The fourth-order valence-electron chi connectivity index (χ4n) is 1.32. The van der Waals surface area contributed by atoms with Crippen LogP contribution < -0.4 is 0 Å². The summed E-state index contributed by atoms with van der Waals surface area (Å²) in [5.41, 5.74) is 3.02. The Hall–Kier alpha value is -0.783. The van der Waals surface area contributed by atoms with Gasteiger partial charge < -0.3 is 4.74 Å². The van der Waals surface area contributed by atoms with Gasteiger partial charge in [-0.2, -0.15) is 0 Å². The predicted molar refractivity (Wildman–Crippen MR) is 75.1 cm³/mol. The Morgan fingerprint density at radius 2 is 1.88 bits per heavy atom. The highest BCUT2D eigenvalue weighted by molar-refractivity contribution is 6.83. The summed E-state index contributed by atoms with van der Waals surface area (Å²) in [7, 11) is 0.375. The van der Waals surface area contributed by atoms with Gasteiger partial charge >= 0.3 is 0 Å². The van der Waals surface area contributed by atoms with Crippen LogP contribution in [-0.2, 0) is 4.74 Å². The van der Waals surface area contributed by atoms with E-state index in [0.717, 1.165) is 19.3 Å². The molecule has 0 aromatic carbocycles. The maximum absolute atomic E-state index is 5.61. The van der Waals surface area contributed by atoms with E-state index in [0.29, 0.717) is 0 Å². The highest BCUT2D eigenvalue weighted by Crippen LogP contribution is 2.22. The van der Waals surface area contributed by atoms with Crippen molar-refractivity contribution >= 4 is 8.07 Å². The maximum atomic E-state index is 5.61. The van der Waals surface area contributed by atoms with Gasteiger partial charge in [-0.05, 0) is 12.8 Å². The van der Waals surface area contributed by atoms with Crippen molar-refractivity contribution in [3.63, 3.8) is 0 Å². The van der Waals surface area contributed by atoms with Crippen molar-refractivity contribution < 1.29 is 4.74 Å². The molecule has 0 saturated heterocycles. The van der Waals surface area contributed by atoms with E-state index in [9.17, 15) is 0 Å². The summed E-state index contributed by atoms with van der Waals surface area (Å²) in [6, 6.07) is 0. The minimum atomic E-state index is -1.35. The molecule has 0 aromatic rings. The molecule has 0 bridgehead atoms. The van der Waals surface area contributed by atoms with E-state index in [1.165, 1.54) is 0 Å². The van der Waals surface area contributed by atoms with Crippen LogP contribution in [0, 0.1) is 11.5 Å². The molecule has 0 saturated carbocycles.